The topological polar surface area (TPSA) is 247 Å². The summed E-state index contributed by atoms with van der Waals surface area (Å²) in [5, 5.41) is 29.8. The highest BCUT2D eigenvalue weighted by atomic mass is 32.2. The zero-order valence-corrected chi connectivity index (χ0v) is 41.0. The number of nitrogens with zero attached hydrogens (tertiary/aromatic N) is 11. The van der Waals surface area contributed by atoms with E-state index < -0.39 is 21.2 Å². The molecule has 0 aliphatic heterocycles. The van der Waals surface area contributed by atoms with Gasteiger partial charge in [0.1, 0.15) is 11.4 Å². The average molecular weight is 1010 g/mol. The smallest absolute Gasteiger partial charge is 0.372 e. The first-order chi connectivity index (χ1) is 33.0. The molecule has 0 fully saturated rings. The molecule has 0 aliphatic carbocycles. The summed E-state index contributed by atoms with van der Waals surface area (Å²) in [5.41, 5.74) is 7.65. The molecule has 5 aromatic carbocycles. The van der Waals surface area contributed by atoms with Gasteiger partial charge in [-0.15, -0.1) is 45.7 Å². The third kappa shape index (κ3) is 14.2. The molecule has 0 aliphatic rings. The zero-order valence-electron chi connectivity index (χ0n) is 36.9. The van der Waals surface area contributed by atoms with Gasteiger partial charge in [0, 0.05) is 54.1 Å². The third-order valence-corrected chi connectivity index (χ3v) is 12.2. The second-order valence-corrected chi connectivity index (χ2v) is 17.1. The molecule has 0 radical (unpaired) electrons. The Hall–Kier alpha value is -7.12. The number of anilines is 6. The van der Waals surface area contributed by atoms with Gasteiger partial charge in [-0.1, -0.05) is 66.4 Å². The third-order valence-electron chi connectivity index (χ3n) is 9.76. The van der Waals surface area contributed by atoms with Gasteiger partial charge in [0.05, 0.1) is 22.4 Å². The van der Waals surface area contributed by atoms with Gasteiger partial charge in [-0.25, -0.2) is 0 Å². The van der Waals surface area contributed by atoms with Crippen LogP contribution >= 0.6 is 34.8 Å². The van der Waals surface area contributed by atoms with E-state index in [0.717, 1.165) is 74.9 Å². The highest BCUT2D eigenvalue weighted by molar-refractivity contribution is 7.98. The Morgan fingerprint density at radius 3 is 1.37 bits per heavy atom. The van der Waals surface area contributed by atoms with Crippen LogP contribution in [0.15, 0.2) is 141 Å². The van der Waals surface area contributed by atoms with Crippen LogP contribution in [0, 0.1) is 0 Å². The van der Waals surface area contributed by atoms with Crippen LogP contribution in [0.5, 0.6) is 0 Å². The Labute approximate surface area is 407 Å². The first-order valence-corrected chi connectivity index (χ1v) is 25.3. The molecule has 350 valence electrons. The Kier molecular flexibility index (Phi) is 18.6. The molecule has 2 N–H and O–H groups in total. The number of fused-ring (bicyclic) bond motifs is 2. The van der Waals surface area contributed by atoms with Crippen LogP contribution in [0.2, 0.25) is 0 Å². The molecular formula is C44H43N13O6S5. The van der Waals surface area contributed by atoms with Crippen molar-refractivity contribution in [3.05, 3.63) is 121 Å². The van der Waals surface area contributed by atoms with Crippen molar-refractivity contribution in [2.24, 2.45) is 20.5 Å². The van der Waals surface area contributed by atoms with Gasteiger partial charge in [-0.2, -0.15) is 23.7 Å². The maximum Gasteiger partial charge on any atom is 0.425 e. The van der Waals surface area contributed by atoms with E-state index in [1.54, 1.807) is 0 Å². The second-order valence-electron chi connectivity index (χ2n) is 13.9. The summed E-state index contributed by atoms with van der Waals surface area (Å²) in [6.45, 7) is 11.9. The second kappa shape index (κ2) is 25.1. The number of rotatable bonds is 17. The lowest BCUT2D eigenvalue weighted by Crippen LogP contribution is -2.21. The van der Waals surface area contributed by atoms with E-state index in [9.17, 15) is 0 Å². The molecule has 8 aromatic rings. The fraction of sp³-hybridized carbons (Fsp3) is 0.205. The van der Waals surface area contributed by atoms with Crippen LogP contribution < -0.4 is 20.4 Å². The van der Waals surface area contributed by atoms with Crippen molar-refractivity contribution in [1.29, 1.82) is 0 Å². The lowest BCUT2D eigenvalue weighted by atomic mass is 10.2. The lowest BCUT2D eigenvalue weighted by molar-refractivity contribution is 0.557. The molecule has 24 heteroatoms. The number of hydrogen-bond acceptors (Lipinski definition) is 22. The molecule has 3 aromatic heterocycles. The maximum absolute atomic E-state index is 8.44. The van der Waals surface area contributed by atoms with E-state index in [4.69, 9.17) is 50.4 Å². The molecule has 0 saturated carbocycles. The Morgan fingerprint density at radius 2 is 0.941 bits per heavy atom. The Balaban J connectivity index is 0.000000883. The molecule has 8 rings (SSSR count). The van der Waals surface area contributed by atoms with Crippen LogP contribution in [0.25, 0.3) is 21.8 Å². The van der Waals surface area contributed by atoms with Gasteiger partial charge in [0.2, 0.25) is 11.9 Å². The number of azo groups is 2. The molecule has 0 atom stereocenters. The first kappa shape index (κ1) is 50.3. The number of benzene rings is 5. The van der Waals surface area contributed by atoms with Gasteiger partial charge in [0.15, 0.2) is 15.2 Å². The molecule has 0 saturated heterocycles. The van der Waals surface area contributed by atoms with Gasteiger partial charge in [-0.05, 0) is 117 Å². The minimum absolute atomic E-state index is 0.346. The Bertz CT molecular complexity index is 3050. The SMILES string of the molecule is CCN(CC)c1ccc(N=Nc2snc3ccccc23)c(Nc2nc(Nc3cc(N(CC)CC)ccc3N=Nc3snc4ccccc34)nc(SCc3ccccc3)n2)c1.O=S(=O)=O.O=S(=O)=O. The highest BCUT2D eigenvalue weighted by Gasteiger charge is 2.16. The summed E-state index contributed by atoms with van der Waals surface area (Å²) in [5.74, 6) is 1.36. The summed E-state index contributed by atoms with van der Waals surface area (Å²) < 4.78 is 59.8. The minimum Gasteiger partial charge on any atom is -0.372 e. The van der Waals surface area contributed by atoms with Crippen LogP contribution in [-0.4, -0.2) is 75.1 Å². The molecule has 68 heavy (non-hydrogen) atoms. The van der Waals surface area contributed by atoms with Crippen molar-refractivity contribution in [2.75, 3.05) is 46.6 Å². The van der Waals surface area contributed by atoms with Crippen molar-refractivity contribution in [3.8, 4) is 0 Å². The number of thioether (sulfide) groups is 1. The van der Waals surface area contributed by atoms with Gasteiger partial charge in [-0.3, -0.25) is 0 Å². The van der Waals surface area contributed by atoms with Gasteiger partial charge >= 0.3 is 21.2 Å². The molecule has 19 nitrogen and oxygen atoms in total. The summed E-state index contributed by atoms with van der Waals surface area (Å²) in [7, 11) is -6.22. The standard InChI is InChI=1S/C44H43N13S3.2O3S/c1-5-56(6-2)30-22-24-36(50-52-40-32-18-12-14-20-34(32)54-59-40)38(26-30)45-42-47-43(49-44(48-42)58-28-29-16-10-9-11-17-29)46-39-27-31(57(7-3)8-4)23-25-37(39)51-53-41-33-19-13-15-21-35(33)55-60-41;2*1-4(2)3/h9-27H,5-8,28H2,1-4H3,(H2,45,46,47,48,49);;. The van der Waals surface area contributed by atoms with E-state index in [1.807, 2.05) is 78.9 Å². The van der Waals surface area contributed by atoms with Crippen molar-refractivity contribution in [2.45, 2.75) is 38.6 Å². The maximum atomic E-state index is 8.44. The van der Waals surface area contributed by atoms with Gasteiger partial charge < -0.3 is 20.4 Å². The molecule has 3 heterocycles. The van der Waals surface area contributed by atoms with Crippen molar-refractivity contribution in [1.82, 2.24) is 23.7 Å². The monoisotopic (exact) mass is 1010 g/mol. The fourth-order valence-electron chi connectivity index (χ4n) is 6.58. The highest BCUT2D eigenvalue weighted by Crippen LogP contribution is 2.39. The van der Waals surface area contributed by atoms with Crippen LogP contribution in [-0.2, 0) is 27.0 Å². The molecule has 0 spiro atoms. The number of nitrogens with one attached hydrogen (secondary N) is 2. The predicted molar refractivity (Wildman–Crippen MR) is 269 cm³/mol. The number of aromatic nitrogens is 5. The fourth-order valence-corrected chi connectivity index (χ4v) is 8.76. The molecular weight excluding hydrogens is 967 g/mol. The average Bonchev–Trinajstić information content (AvgIpc) is 3.95. The van der Waals surface area contributed by atoms with E-state index in [2.05, 4.69) is 104 Å². The van der Waals surface area contributed by atoms with E-state index in [1.165, 1.54) is 34.8 Å². The first-order valence-electron chi connectivity index (χ1n) is 20.8. The predicted octanol–water partition coefficient (Wildman–Crippen LogP) is 11.4. The van der Waals surface area contributed by atoms with Crippen LogP contribution in [0.4, 0.5) is 56.0 Å². The summed E-state index contributed by atoms with van der Waals surface area (Å²) in [4.78, 5) is 19.4. The summed E-state index contributed by atoms with van der Waals surface area (Å²) in [6.07, 6.45) is 0. The van der Waals surface area contributed by atoms with Gasteiger partial charge in [0.25, 0.3) is 0 Å². The van der Waals surface area contributed by atoms with E-state index in [0.29, 0.717) is 45.6 Å². The summed E-state index contributed by atoms with van der Waals surface area (Å²) in [6, 6.07) is 38.3. The Morgan fingerprint density at radius 1 is 0.529 bits per heavy atom. The van der Waals surface area contributed by atoms with Crippen molar-refractivity contribution in [3.63, 3.8) is 0 Å². The van der Waals surface area contributed by atoms with E-state index in [-0.39, 0.29) is 0 Å². The van der Waals surface area contributed by atoms with Crippen LogP contribution in [0.1, 0.15) is 33.3 Å². The summed E-state index contributed by atoms with van der Waals surface area (Å²) >= 11 is 4.17. The molecule has 0 unspecified atom stereocenters. The lowest BCUT2D eigenvalue weighted by Gasteiger charge is -2.22. The molecule has 0 amide bonds. The van der Waals surface area contributed by atoms with Crippen molar-refractivity contribution < 1.29 is 25.3 Å². The van der Waals surface area contributed by atoms with Crippen molar-refractivity contribution >= 4 is 134 Å². The quantitative estimate of drug-likeness (QED) is 0.0636. The van der Waals surface area contributed by atoms with Crippen LogP contribution in [0.3, 0.4) is 0 Å². The van der Waals surface area contributed by atoms with E-state index >= 15 is 0 Å². The minimum atomic E-state index is -3.11. The normalized spacial score (nSPS) is 10.9. The molecule has 0 bridgehead atoms. The number of hydrogen-bond donors (Lipinski definition) is 2. The zero-order chi connectivity index (χ0) is 48.4. The largest absolute Gasteiger partial charge is 0.425 e.